The predicted molar refractivity (Wildman–Crippen MR) is 88.6 cm³/mol. The zero-order valence-electron chi connectivity index (χ0n) is 13.4. The second-order valence-corrected chi connectivity index (χ2v) is 8.46. The highest BCUT2D eigenvalue weighted by Gasteiger charge is 2.17. The molecular weight excluding hydrogens is 334 g/mol. The predicted octanol–water partition coefficient (Wildman–Crippen LogP) is 3.71. The van der Waals surface area contributed by atoms with Gasteiger partial charge < -0.3 is 0 Å². The van der Waals surface area contributed by atoms with Gasteiger partial charge in [0.15, 0.2) is 27.3 Å². The van der Waals surface area contributed by atoms with Crippen molar-refractivity contribution in [2.24, 2.45) is 0 Å². The third-order valence-corrected chi connectivity index (χ3v) is 5.88. The van der Waals surface area contributed by atoms with Crippen LogP contribution in [0.1, 0.15) is 35.3 Å². The molecule has 0 fully saturated rings. The van der Waals surface area contributed by atoms with E-state index >= 15 is 0 Å². The topological polar surface area (TPSA) is 51.2 Å². The number of hydrogen-bond acceptors (Lipinski definition) is 3. The van der Waals surface area contributed by atoms with E-state index in [1.165, 1.54) is 6.07 Å². The van der Waals surface area contributed by atoms with Gasteiger partial charge in [0.2, 0.25) is 0 Å². The minimum absolute atomic E-state index is 0.0547. The van der Waals surface area contributed by atoms with Crippen LogP contribution < -0.4 is 0 Å². The number of rotatable bonds is 6. The third kappa shape index (κ3) is 4.47. The van der Waals surface area contributed by atoms with E-state index in [9.17, 15) is 22.0 Å². The molecule has 0 N–H and O–H groups in total. The Labute approximate surface area is 140 Å². The monoisotopic (exact) mass is 352 g/mol. The minimum atomic E-state index is -3.20. The first kappa shape index (κ1) is 18.3. The largest absolute Gasteiger partial charge is 0.294 e. The van der Waals surface area contributed by atoms with Crippen molar-refractivity contribution in [3.63, 3.8) is 0 Å². The van der Waals surface area contributed by atoms with E-state index in [-0.39, 0.29) is 18.0 Å². The van der Waals surface area contributed by atoms with E-state index in [0.29, 0.717) is 16.7 Å². The van der Waals surface area contributed by atoms with Crippen molar-refractivity contribution < 1.29 is 22.0 Å². The van der Waals surface area contributed by atoms with E-state index < -0.39 is 26.7 Å². The third-order valence-electron chi connectivity index (χ3n) is 3.71. The maximum atomic E-state index is 13.2. The molecule has 0 unspecified atom stereocenters. The van der Waals surface area contributed by atoms with Gasteiger partial charge in [0, 0.05) is 12.0 Å². The van der Waals surface area contributed by atoms with Gasteiger partial charge in [0.1, 0.15) is 0 Å². The molecule has 24 heavy (non-hydrogen) atoms. The fraction of sp³-hybridized carbons (Fsp3) is 0.278. The quantitative estimate of drug-likeness (QED) is 0.745. The van der Waals surface area contributed by atoms with Crippen LogP contribution in [0.3, 0.4) is 0 Å². The zero-order valence-corrected chi connectivity index (χ0v) is 14.2. The lowest BCUT2D eigenvalue weighted by Crippen LogP contribution is -2.16. The number of benzene rings is 2. The molecule has 0 aromatic heterocycles. The molecule has 128 valence electrons. The van der Waals surface area contributed by atoms with Crippen LogP contribution >= 0.6 is 0 Å². The SMILES string of the molecule is CC(C)S(=O)(=O)Cc1ccc(C(=O)Cc2ccc(F)c(F)c2)cc1. The van der Waals surface area contributed by atoms with Crippen molar-refractivity contribution in [3.8, 4) is 0 Å². The molecule has 3 nitrogen and oxygen atoms in total. The Morgan fingerprint density at radius 1 is 0.958 bits per heavy atom. The Morgan fingerprint density at radius 2 is 1.54 bits per heavy atom. The molecule has 0 heterocycles. The lowest BCUT2D eigenvalue weighted by Gasteiger charge is -2.08. The van der Waals surface area contributed by atoms with Crippen LogP contribution in [0.4, 0.5) is 8.78 Å². The van der Waals surface area contributed by atoms with Crippen LogP contribution in [0.5, 0.6) is 0 Å². The Balaban J connectivity index is 2.10. The van der Waals surface area contributed by atoms with Gasteiger partial charge >= 0.3 is 0 Å². The molecule has 0 spiro atoms. The summed E-state index contributed by atoms with van der Waals surface area (Å²) in [5.41, 5.74) is 1.38. The fourth-order valence-electron chi connectivity index (χ4n) is 2.12. The minimum Gasteiger partial charge on any atom is -0.294 e. The Hall–Kier alpha value is -2.08. The Morgan fingerprint density at radius 3 is 2.08 bits per heavy atom. The highest BCUT2D eigenvalue weighted by molar-refractivity contribution is 7.91. The molecule has 0 atom stereocenters. The van der Waals surface area contributed by atoms with Gasteiger partial charge in [-0.3, -0.25) is 4.79 Å². The van der Waals surface area contributed by atoms with Crippen molar-refractivity contribution in [3.05, 3.63) is 70.8 Å². The lowest BCUT2D eigenvalue weighted by molar-refractivity contribution is 0.0993. The number of carbonyl (C=O) groups excluding carboxylic acids is 1. The Kier molecular flexibility index (Phi) is 5.49. The Bertz CT molecular complexity index is 841. The molecule has 0 saturated carbocycles. The molecule has 2 rings (SSSR count). The molecule has 0 amide bonds. The maximum absolute atomic E-state index is 13.2. The summed E-state index contributed by atoms with van der Waals surface area (Å²) in [4.78, 5) is 12.2. The molecule has 0 saturated heterocycles. The number of halogens is 2. The van der Waals surface area contributed by atoms with E-state index in [1.54, 1.807) is 38.1 Å². The van der Waals surface area contributed by atoms with E-state index in [2.05, 4.69) is 0 Å². The van der Waals surface area contributed by atoms with Crippen LogP contribution in [0, 0.1) is 11.6 Å². The van der Waals surface area contributed by atoms with Crippen molar-refractivity contribution >= 4 is 15.6 Å². The molecular formula is C18H18F2O3S. The molecule has 2 aromatic carbocycles. The first-order valence-corrected chi connectivity index (χ1v) is 9.18. The average molecular weight is 352 g/mol. The second-order valence-electron chi connectivity index (χ2n) is 5.90. The summed E-state index contributed by atoms with van der Waals surface area (Å²) in [5, 5.41) is -0.466. The van der Waals surface area contributed by atoms with Crippen LogP contribution in [-0.4, -0.2) is 19.5 Å². The standard InChI is InChI=1S/C18H18F2O3S/c1-12(2)24(22,23)11-13-3-6-15(7-4-13)18(21)10-14-5-8-16(19)17(20)9-14/h3-9,12H,10-11H2,1-2H3. The lowest BCUT2D eigenvalue weighted by atomic mass is 10.0. The summed E-state index contributed by atoms with van der Waals surface area (Å²) in [6, 6.07) is 9.63. The summed E-state index contributed by atoms with van der Waals surface area (Å²) in [6.45, 7) is 3.24. The van der Waals surface area contributed by atoms with Crippen LogP contribution in [0.2, 0.25) is 0 Å². The molecule has 0 aliphatic carbocycles. The van der Waals surface area contributed by atoms with Crippen molar-refractivity contribution in [1.82, 2.24) is 0 Å². The smallest absolute Gasteiger partial charge is 0.167 e. The zero-order chi connectivity index (χ0) is 17.9. The summed E-state index contributed by atoms with van der Waals surface area (Å²) in [6.07, 6.45) is -0.0547. The van der Waals surface area contributed by atoms with Gasteiger partial charge in [-0.2, -0.15) is 0 Å². The summed E-state index contributed by atoms with van der Waals surface area (Å²) in [7, 11) is -3.20. The van der Waals surface area contributed by atoms with Gasteiger partial charge in [-0.25, -0.2) is 17.2 Å². The van der Waals surface area contributed by atoms with Gasteiger partial charge in [-0.1, -0.05) is 30.3 Å². The molecule has 0 bridgehead atoms. The average Bonchev–Trinajstić information content (AvgIpc) is 2.51. The molecule has 2 aromatic rings. The highest BCUT2D eigenvalue weighted by Crippen LogP contribution is 2.15. The molecule has 0 aliphatic heterocycles. The van der Waals surface area contributed by atoms with Crippen molar-refractivity contribution in [1.29, 1.82) is 0 Å². The van der Waals surface area contributed by atoms with E-state index in [0.717, 1.165) is 12.1 Å². The first-order valence-electron chi connectivity index (χ1n) is 7.46. The van der Waals surface area contributed by atoms with Crippen LogP contribution in [0.25, 0.3) is 0 Å². The second kappa shape index (κ2) is 7.21. The highest BCUT2D eigenvalue weighted by atomic mass is 32.2. The number of sulfone groups is 1. The fourth-order valence-corrected chi connectivity index (χ4v) is 3.11. The van der Waals surface area contributed by atoms with Gasteiger partial charge in [0.05, 0.1) is 11.0 Å². The van der Waals surface area contributed by atoms with Crippen molar-refractivity contribution in [2.75, 3.05) is 0 Å². The van der Waals surface area contributed by atoms with E-state index in [4.69, 9.17) is 0 Å². The summed E-state index contributed by atoms with van der Waals surface area (Å²) < 4.78 is 49.8. The number of hydrogen-bond donors (Lipinski definition) is 0. The number of ketones is 1. The van der Waals surface area contributed by atoms with Gasteiger partial charge in [-0.15, -0.1) is 0 Å². The van der Waals surface area contributed by atoms with Crippen LogP contribution in [0.15, 0.2) is 42.5 Å². The van der Waals surface area contributed by atoms with Gasteiger partial charge in [0.25, 0.3) is 0 Å². The number of carbonyl (C=O) groups is 1. The van der Waals surface area contributed by atoms with Gasteiger partial charge in [-0.05, 0) is 37.1 Å². The molecule has 6 heteroatoms. The first-order chi connectivity index (χ1) is 11.2. The van der Waals surface area contributed by atoms with Crippen molar-refractivity contribution in [2.45, 2.75) is 31.3 Å². The molecule has 0 aliphatic rings. The molecule has 0 radical (unpaired) electrons. The van der Waals surface area contributed by atoms with Crippen LogP contribution in [-0.2, 0) is 22.0 Å². The normalized spacial score (nSPS) is 11.7. The summed E-state index contributed by atoms with van der Waals surface area (Å²) >= 11 is 0. The maximum Gasteiger partial charge on any atom is 0.167 e. The summed E-state index contributed by atoms with van der Waals surface area (Å²) in [5.74, 6) is -2.28. The van der Waals surface area contributed by atoms with E-state index in [1.807, 2.05) is 0 Å². The number of Topliss-reactive ketones (excluding diaryl/α,β-unsaturated/α-hetero) is 1.